The van der Waals surface area contributed by atoms with Crippen LogP contribution in [0.2, 0.25) is 0 Å². The number of benzene rings is 2. The fourth-order valence-electron chi connectivity index (χ4n) is 4.84. The van der Waals surface area contributed by atoms with Crippen molar-refractivity contribution in [3.63, 3.8) is 0 Å². The molecule has 2 aromatic carbocycles. The largest absolute Gasteiger partial charge is 0.493 e. The standard InChI is InChI=1S/C27H34O11/c1-33-17-6-4-15(11-20(17)34-2)9-19-16(12-23(29)36-19)8-14-5-7-18(21(10-14)35-3)37-27-26(32)25(31)24(30)22(13-28)38-27/h4-7,10-11,16,19,22,24-28,30-32H,8-9,12-13H2,1-3H3/t16?,19?,22-,24-,25+,26-,27-/m1/s1. The molecular formula is C27H34O11. The van der Waals surface area contributed by atoms with Gasteiger partial charge in [-0.1, -0.05) is 12.1 Å². The zero-order chi connectivity index (χ0) is 27.4. The van der Waals surface area contributed by atoms with Gasteiger partial charge in [0.15, 0.2) is 23.0 Å². The van der Waals surface area contributed by atoms with Crippen LogP contribution in [0.15, 0.2) is 36.4 Å². The van der Waals surface area contributed by atoms with Gasteiger partial charge in [-0.15, -0.1) is 0 Å². The summed E-state index contributed by atoms with van der Waals surface area (Å²) in [6, 6.07) is 10.8. The minimum Gasteiger partial charge on any atom is -0.493 e. The van der Waals surface area contributed by atoms with Gasteiger partial charge in [-0.05, 0) is 41.8 Å². The van der Waals surface area contributed by atoms with Crippen LogP contribution in [0.25, 0.3) is 0 Å². The van der Waals surface area contributed by atoms with Crippen molar-refractivity contribution in [1.82, 2.24) is 0 Å². The van der Waals surface area contributed by atoms with Gasteiger partial charge in [0.2, 0.25) is 6.29 Å². The SMILES string of the molecule is COc1ccc(CC2OC(=O)CC2Cc2ccc(O[C@@H]3O[C@H](CO)[C@@H](O)[C@H](O)[C@H]3O)c(OC)c2)cc1OC. The lowest BCUT2D eigenvalue weighted by Crippen LogP contribution is -2.60. The smallest absolute Gasteiger partial charge is 0.306 e. The van der Waals surface area contributed by atoms with Crippen LogP contribution < -0.4 is 18.9 Å². The molecule has 208 valence electrons. The van der Waals surface area contributed by atoms with Gasteiger partial charge < -0.3 is 48.8 Å². The fourth-order valence-corrected chi connectivity index (χ4v) is 4.84. The van der Waals surface area contributed by atoms with Gasteiger partial charge >= 0.3 is 5.97 Å². The van der Waals surface area contributed by atoms with Gasteiger partial charge in [-0.25, -0.2) is 0 Å². The minimum absolute atomic E-state index is 0.0717. The summed E-state index contributed by atoms with van der Waals surface area (Å²) in [5, 5.41) is 39.7. The highest BCUT2D eigenvalue weighted by molar-refractivity contribution is 5.72. The highest BCUT2D eigenvalue weighted by Crippen LogP contribution is 2.36. The second kappa shape index (κ2) is 12.2. The second-order valence-electron chi connectivity index (χ2n) is 9.39. The Morgan fingerprint density at radius 2 is 1.39 bits per heavy atom. The molecule has 2 aliphatic rings. The molecule has 0 amide bonds. The van der Waals surface area contributed by atoms with Crippen LogP contribution in [0.4, 0.5) is 0 Å². The predicted octanol–water partition coefficient (Wildman–Crippen LogP) is 0.608. The first-order chi connectivity index (χ1) is 18.3. The Morgan fingerprint density at radius 3 is 2.03 bits per heavy atom. The van der Waals surface area contributed by atoms with Crippen molar-refractivity contribution in [3.8, 4) is 23.0 Å². The van der Waals surface area contributed by atoms with Crippen molar-refractivity contribution in [3.05, 3.63) is 47.5 Å². The molecule has 2 aromatic rings. The summed E-state index contributed by atoms with van der Waals surface area (Å²) >= 11 is 0. The number of carbonyl (C=O) groups is 1. The number of aliphatic hydroxyl groups is 4. The monoisotopic (exact) mass is 534 g/mol. The zero-order valence-corrected chi connectivity index (χ0v) is 21.5. The molecular weight excluding hydrogens is 500 g/mol. The van der Waals surface area contributed by atoms with Gasteiger partial charge in [0.25, 0.3) is 0 Å². The van der Waals surface area contributed by atoms with Crippen molar-refractivity contribution in [2.75, 3.05) is 27.9 Å². The number of ether oxygens (including phenoxy) is 6. The molecule has 0 radical (unpaired) electrons. The molecule has 7 atom stereocenters. The molecule has 2 aliphatic heterocycles. The Hall–Kier alpha value is -3.09. The first kappa shape index (κ1) is 27.9. The van der Waals surface area contributed by atoms with E-state index in [0.717, 1.165) is 11.1 Å². The lowest BCUT2D eigenvalue weighted by molar-refractivity contribution is -0.277. The van der Waals surface area contributed by atoms with E-state index >= 15 is 0 Å². The minimum atomic E-state index is -1.56. The van der Waals surface area contributed by atoms with Crippen LogP contribution in [0.1, 0.15) is 17.5 Å². The summed E-state index contributed by atoms with van der Waals surface area (Å²) in [6.07, 6.45) is -5.99. The summed E-state index contributed by atoms with van der Waals surface area (Å²) in [7, 11) is 4.60. The normalized spacial score (nSPS) is 29.0. The van der Waals surface area contributed by atoms with Crippen molar-refractivity contribution < 1.29 is 53.6 Å². The van der Waals surface area contributed by atoms with E-state index in [2.05, 4.69) is 0 Å². The zero-order valence-electron chi connectivity index (χ0n) is 21.5. The van der Waals surface area contributed by atoms with Crippen LogP contribution in [-0.2, 0) is 27.1 Å². The molecule has 4 N–H and O–H groups in total. The fraction of sp³-hybridized carbons (Fsp3) is 0.519. The Kier molecular flexibility index (Phi) is 8.95. The molecule has 2 saturated heterocycles. The molecule has 38 heavy (non-hydrogen) atoms. The third-order valence-electron chi connectivity index (χ3n) is 6.94. The molecule has 0 saturated carbocycles. The van der Waals surface area contributed by atoms with Crippen molar-refractivity contribution in [1.29, 1.82) is 0 Å². The van der Waals surface area contributed by atoms with Gasteiger partial charge in [0, 0.05) is 12.3 Å². The highest BCUT2D eigenvalue weighted by Gasteiger charge is 2.45. The summed E-state index contributed by atoms with van der Waals surface area (Å²) < 4.78 is 33.0. The van der Waals surface area contributed by atoms with E-state index in [1.165, 1.54) is 7.11 Å². The first-order valence-corrected chi connectivity index (χ1v) is 12.3. The number of cyclic esters (lactones) is 1. The number of hydrogen-bond donors (Lipinski definition) is 4. The van der Waals surface area contributed by atoms with Crippen molar-refractivity contribution in [2.24, 2.45) is 5.92 Å². The third kappa shape index (κ3) is 5.97. The van der Waals surface area contributed by atoms with E-state index < -0.39 is 37.3 Å². The number of rotatable bonds is 10. The molecule has 11 nitrogen and oxygen atoms in total. The van der Waals surface area contributed by atoms with Gasteiger partial charge in [0.05, 0.1) is 34.4 Å². The lowest BCUT2D eigenvalue weighted by Gasteiger charge is -2.39. The molecule has 0 bridgehead atoms. The molecule has 0 spiro atoms. The summed E-state index contributed by atoms with van der Waals surface area (Å²) in [5.74, 6) is 1.48. The van der Waals surface area contributed by atoms with Crippen molar-refractivity contribution >= 4 is 5.97 Å². The summed E-state index contributed by atoms with van der Waals surface area (Å²) in [5.41, 5.74) is 1.83. The Balaban J connectivity index is 1.46. The number of hydrogen-bond acceptors (Lipinski definition) is 11. The molecule has 4 rings (SSSR count). The number of aliphatic hydroxyl groups excluding tert-OH is 4. The lowest BCUT2D eigenvalue weighted by atomic mass is 9.89. The maximum absolute atomic E-state index is 12.2. The van der Waals surface area contributed by atoms with Crippen LogP contribution in [0.5, 0.6) is 23.0 Å². The molecule has 2 heterocycles. The van der Waals surface area contributed by atoms with Crippen LogP contribution >= 0.6 is 0 Å². The van der Waals surface area contributed by atoms with Crippen LogP contribution in [-0.4, -0.2) is 91.1 Å². The van der Waals surface area contributed by atoms with Crippen LogP contribution in [0.3, 0.4) is 0 Å². The summed E-state index contributed by atoms with van der Waals surface area (Å²) in [4.78, 5) is 12.2. The number of methoxy groups -OCH3 is 3. The molecule has 0 aromatic heterocycles. The maximum Gasteiger partial charge on any atom is 0.306 e. The molecule has 2 fully saturated rings. The molecule has 2 unspecified atom stereocenters. The van der Waals surface area contributed by atoms with Crippen LogP contribution in [0, 0.1) is 5.92 Å². The van der Waals surface area contributed by atoms with E-state index in [-0.39, 0.29) is 30.2 Å². The highest BCUT2D eigenvalue weighted by atomic mass is 16.7. The predicted molar refractivity (Wildman–Crippen MR) is 132 cm³/mol. The quantitative estimate of drug-likeness (QED) is 0.317. The summed E-state index contributed by atoms with van der Waals surface area (Å²) in [6.45, 7) is -0.562. The van der Waals surface area contributed by atoms with E-state index in [0.29, 0.717) is 30.1 Å². The Morgan fingerprint density at radius 1 is 0.789 bits per heavy atom. The van der Waals surface area contributed by atoms with Gasteiger partial charge in [-0.3, -0.25) is 4.79 Å². The van der Waals surface area contributed by atoms with E-state index in [4.69, 9.17) is 28.4 Å². The second-order valence-corrected chi connectivity index (χ2v) is 9.39. The van der Waals surface area contributed by atoms with E-state index in [9.17, 15) is 25.2 Å². The average molecular weight is 535 g/mol. The van der Waals surface area contributed by atoms with Gasteiger partial charge in [0.1, 0.15) is 30.5 Å². The number of esters is 1. The van der Waals surface area contributed by atoms with E-state index in [1.54, 1.807) is 32.4 Å². The number of carbonyl (C=O) groups excluding carboxylic acids is 1. The maximum atomic E-state index is 12.2. The molecule has 0 aliphatic carbocycles. The molecule has 11 heteroatoms. The topological polar surface area (TPSA) is 153 Å². The third-order valence-corrected chi connectivity index (χ3v) is 6.94. The average Bonchev–Trinajstić information content (AvgIpc) is 3.27. The Bertz CT molecular complexity index is 1100. The van der Waals surface area contributed by atoms with Gasteiger partial charge in [-0.2, -0.15) is 0 Å². The Labute approximate surface area is 220 Å². The van der Waals surface area contributed by atoms with Crippen molar-refractivity contribution in [2.45, 2.75) is 56.1 Å². The first-order valence-electron chi connectivity index (χ1n) is 12.3. The van der Waals surface area contributed by atoms with E-state index in [1.807, 2.05) is 18.2 Å².